The molecule has 4 nitrogen and oxygen atoms in total. The molecule has 0 saturated heterocycles. The van der Waals surface area contributed by atoms with Gasteiger partial charge in [-0.15, -0.1) is 0 Å². The largest absolute Gasteiger partial charge is 0.490 e. The normalized spacial score (nSPS) is 16.4. The Kier molecular flexibility index (Phi) is 3.10. The van der Waals surface area contributed by atoms with Crippen LogP contribution in [-0.4, -0.2) is 25.0 Å². The molecule has 1 atom stereocenters. The summed E-state index contributed by atoms with van der Waals surface area (Å²) in [6.45, 7) is 2.93. The summed E-state index contributed by atoms with van der Waals surface area (Å²) < 4.78 is 11.0. The molecule has 0 saturated carbocycles. The second-order valence-electron chi connectivity index (χ2n) is 3.86. The van der Waals surface area contributed by atoms with E-state index < -0.39 is 6.04 Å². The smallest absolute Gasteiger partial charge is 0.179 e. The van der Waals surface area contributed by atoms with Crippen LogP contribution >= 0.6 is 0 Å². The first-order valence-electron chi connectivity index (χ1n) is 5.38. The third kappa shape index (κ3) is 2.17. The van der Waals surface area contributed by atoms with Crippen LogP contribution in [0.3, 0.4) is 0 Å². The van der Waals surface area contributed by atoms with Gasteiger partial charge >= 0.3 is 0 Å². The van der Waals surface area contributed by atoms with Gasteiger partial charge in [0.25, 0.3) is 0 Å². The van der Waals surface area contributed by atoms with Crippen molar-refractivity contribution in [3.8, 4) is 11.5 Å². The Morgan fingerprint density at radius 2 is 2.00 bits per heavy atom. The first-order chi connectivity index (χ1) is 7.68. The average Bonchev–Trinajstić information content (AvgIpc) is 2.51. The fourth-order valence-electron chi connectivity index (χ4n) is 1.58. The Hall–Kier alpha value is -1.55. The van der Waals surface area contributed by atoms with Gasteiger partial charge in [0.05, 0.1) is 19.3 Å². The van der Waals surface area contributed by atoms with Crippen molar-refractivity contribution in [2.75, 3.05) is 13.2 Å². The van der Waals surface area contributed by atoms with Crippen LogP contribution < -0.4 is 15.2 Å². The van der Waals surface area contributed by atoms with Crippen molar-refractivity contribution in [3.63, 3.8) is 0 Å². The zero-order chi connectivity index (χ0) is 11.5. The van der Waals surface area contributed by atoms with Crippen molar-refractivity contribution in [2.24, 2.45) is 5.73 Å². The lowest BCUT2D eigenvalue weighted by atomic mass is 10.1. The summed E-state index contributed by atoms with van der Waals surface area (Å²) in [4.78, 5) is 11.7. The number of rotatable bonds is 2. The van der Waals surface area contributed by atoms with Crippen molar-refractivity contribution in [1.29, 1.82) is 0 Å². The van der Waals surface area contributed by atoms with Gasteiger partial charge in [0.15, 0.2) is 17.3 Å². The molecular weight excluding hydrogens is 206 g/mol. The monoisotopic (exact) mass is 221 g/mol. The van der Waals surface area contributed by atoms with Crippen LogP contribution in [0.25, 0.3) is 0 Å². The molecule has 0 radical (unpaired) electrons. The van der Waals surface area contributed by atoms with Crippen LogP contribution in [0, 0.1) is 0 Å². The minimum absolute atomic E-state index is 0.0874. The average molecular weight is 221 g/mol. The van der Waals surface area contributed by atoms with Gasteiger partial charge < -0.3 is 15.2 Å². The van der Waals surface area contributed by atoms with Gasteiger partial charge in [-0.2, -0.15) is 0 Å². The number of hydrogen-bond donors (Lipinski definition) is 1. The second-order valence-corrected chi connectivity index (χ2v) is 3.86. The summed E-state index contributed by atoms with van der Waals surface area (Å²) in [6.07, 6.45) is 0.852. The third-order valence-corrected chi connectivity index (χ3v) is 2.45. The van der Waals surface area contributed by atoms with Crippen molar-refractivity contribution in [2.45, 2.75) is 19.4 Å². The molecule has 0 amide bonds. The first kappa shape index (κ1) is 11.0. The molecule has 0 fully saturated rings. The molecule has 1 aliphatic heterocycles. The van der Waals surface area contributed by atoms with Crippen LogP contribution in [0.4, 0.5) is 0 Å². The van der Waals surface area contributed by atoms with E-state index in [1.165, 1.54) is 0 Å². The highest BCUT2D eigenvalue weighted by atomic mass is 16.5. The molecular formula is C12H15NO3. The fourth-order valence-corrected chi connectivity index (χ4v) is 1.58. The summed E-state index contributed by atoms with van der Waals surface area (Å²) >= 11 is 0. The van der Waals surface area contributed by atoms with Gasteiger partial charge in [-0.25, -0.2) is 0 Å². The minimum atomic E-state index is -0.496. The van der Waals surface area contributed by atoms with Gasteiger partial charge in [-0.05, 0) is 25.1 Å². The molecule has 86 valence electrons. The van der Waals surface area contributed by atoms with Crippen molar-refractivity contribution in [3.05, 3.63) is 23.8 Å². The van der Waals surface area contributed by atoms with E-state index in [1.54, 1.807) is 25.1 Å². The fraction of sp³-hybridized carbons (Fsp3) is 0.417. The topological polar surface area (TPSA) is 61.6 Å². The van der Waals surface area contributed by atoms with Crippen LogP contribution in [0.2, 0.25) is 0 Å². The van der Waals surface area contributed by atoms with Crippen LogP contribution in [0.5, 0.6) is 11.5 Å². The van der Waals surface area contributed by atoms with E-state index in [4.69, 9.17) is 15.2 Å². The molecule has 2 rings (SSSR count). The van der Waals surface area contributed by atoms with Gasteiger partial charge in [0.1, 0.15) is 0 Å². The molecule has 1 heterocycles. The zero-order valence-electron chi connectivity index (χ0n) is 9.23. The van der Waals surface area contributed by atoms with Gasteiger partial charge in [0, 0.05) is 12.0 Å². The lowest BCUT2D eigenvalue weighted by molar-refractivity contribution is 0.0967. The maximum absolute atomic E-state index is 11.7. The van der Waals surface area contributed by atoms with Gasteiger partial charge in [0.2, 0.25) is 0 Å². The number of Topliss-reactive ketones (excluding diaryl/α,β-unsaturated/α-hetero) is 1. The SMILES string of the molecule is CC(N)C(=O)c1ccc2c(c1)OCCCO2. The molecule has 0 aliphatic carbocycles. The maximum atomic E-state index is 11.7. The predicted molar refractivity (Wildman–Crippen MR) is 60.0 cm³/mol. The Balaban J connectivity index is 2.30. The molecule has 1 unspecified atom stereocenters. The summed E-state index contributed by atoms with van der Waals surface area (Å²) in [5.41, 5.74) is 6.12. The number of fused-ring (bicyclic) bond motifs is 1. The predicted octanol–water partition coefficient (Wildman–Crippen LogP) is 1.38. The number of benzene rings is 1. The molecule has 16 heavy (non-hydrogen) atoms. The number of carbonyl (C=O) groups is 1. The second kappa shape index (κ2) is 4.53. The number of hydrogen-bond acceptors (Lipinski definition) is 4. The standard InChI is InChI=1S/C12H15NO3/c1-8(13)12(14)9-3-4-10-11(7-9)16-6-2-5-15-10/h3-4,7-8H,2,5-6,13H2,1H3. The molecule has 1 aromatic rings. The van der Waals surface area contributed by atoms with Crippen LogP contribution in [0.1, 0.15) is 23.7 Å². The molecule has 1 aliphatic rings. The highest BCUT2D eigenvalue weighted by Crippen LogP contribution is 2.30. The van der Waals surface area contributed by atoms with Crippen LogP contribution in [0.15, 0.2) is 18.2 Å². The molecule has 4 heteroatoms. The number of ketones is 1. The maximum Gasteiger partial charge on any atom is 0.179 e. The molecule has 1 aromatic carbocycles. The summed E-state index contributed by atoms with van der Waals surface area (Å²) in [5.74, 6) is 1.23. The Morgan fingerprint density at radius 1 is 1.31 bits per heavy atom. The lowest BCUT2D eigenvalue weighted by Gasteiger charge is -2.09. The highest BCUT2D eigenvalue weighted by molar-refractivity contribution is 6.00. The minimum Gasteiger partial charge on any atom is -0.490 e. The summed E-state index contributed by atoms with van der Waals surface area (Å²) in [5, 5.41) is 0. The van der Waals surface area contributed by atoms with E-state index in [9.17, 15) is 4.79 Å². The zero-order valence-corrected chi connectivity index (χ0v) is 9.23. The number of ether oxygens (including phenoxy) is 2. The van der Waals surface area contributed by atoms with Gasteiger partial charge in [-0.1, -0.05) is 0 Å². The summed E-state index contributed by atoms with van der Waals surface area (Å²) in [7, 11) is 0. The Morgan fingerprint density at radius 3 is 2.69 bits per heavy atom. The highest BCUT2D eigenvalue weighted by Gasteiger charge is 2.15. The third-order valence-electron chi connectivity index (χ3n) is 2.45. The van der Waals surface area contributed by atoms with E-state index in [-0.39, 0.29) is 5.78 Å². The molecule has 2 N–H and O–H groups in total. The number of nitrogens with two attached hydrogens (primary N) is 1. The van der Waals surface area contributed by atoms with E-state index in [1.807, 2.05) is 0 Å². The Labute approximate surface area is 94.3 Å². The first-order valence-corrected chi connectivity index (χ1v) is 5.38. The van der Waals surface area contributed by atoms with E-state index >= 15 is 0 Å². The van der Waals surface area contributed by atoms with Crippen molar-refractivity contribution >= 4 is 5.78 Å². The lowest BCUT2D eigenvalue weighted by Crippen LogP contribution is -2.26. The van der Waals surface area contributed by atoms with Gasteiger partial charge in [-0.3, -0.25) is 4.79 Å². The molecule has 0 bridgehead atoms. The van der Waals surface area contributed by atoms with E-state index in [2.05, 4.69) is 0 Å². The summed E-state index contributed by atoms with van der Waals surface area (Å²) in [6, 6.07) is 4.69. The van der Waals surface area contributed by atoms with E-state index in [0.29, 0.717) is 30.3 Å². The van der Waals surface area contributed by atoms with Crippen molar-refractivity contribution < 1.29 is 14.3 Å². The quantitative estimate of drug-likeness (QED) is 0.766. The van der Waals surface area contributed by atoms with E-state index in [0.717, 1.165) is 6.42 Å². The van der Waals surface area contributed by atoms with Crippen molar-refractivity contribution in [1.82, 2.24) is 0 Å². The van der Waals surface area contributed by atoms with Crippen LogP contribution in [-0.2, 0) is 0 Å². The Bertz CT molecular complexity index is 401. The molecule has 0 spiro atoms. The molecule has 0 aromatic heterocycles. The number of carbonyl (C=O) groups excluding carboxylic acids is 1.